The molecule has 0 unspecified atom stereocenters. The number of halogens is 1. The first-order valence-corrected chi connectivity index (χ1v) is 10.3. The van der Waals surface area contributed by atoms with E-state index >= 15 is 0 Å². The van der Waals surface area contributed by atoms with E-state index in [2.05, 4.69) is 31.7 Å². The molecule has 0 atom stereocenters. The Morgan fingerprint density at radius 1 is 1.22 bits per heavy atom. The van der Waals surface area contributed by atoms with Crippen LogP contribution in [0.15, 0.2) is 41.0 Å². The zero-order valence-electron chi connectivity index (χ0n) is 15.5. The second-order valence-corrected chi connectivity index (χ2v) is 7.89. The number of carbonyl (C=O) groups excluding carboxylic acids is 2. The third-order valence-electron chi connectivity index (χ3n) is 4.92. The van der Waals surface area contributed by atoms with Gasteiger partial charge < -0.3 is 10.6 Å². The van der Waals surface area contributed by atoms with Crippen LogP contribution >= 0.6 is 15.9 Å². The highest BCUT2D eigenvalue weighted by atomic mass is 79.9. The number of hydrogen-bond acceptors (Lipinski definition) is 3. The maximum absolute atomic E-state index is 12.8. The molecule has 1 aliphatic rings. The van der Waals surface area contributed by atoms with Crippen molar-refractivity contribution >= 4 is 27.7 Å². The van der Waals surface area contributed by atoms with E-state index in [-0.39, 0.29) is 11.8 Å². The minimum Gasteiger partial charge on any atom is -0.354 e. The third-order valence-corrected chi connectivity index (χ3v) is 5.42. The zero-order valence-corrected chi connectivity index (χ0v) is 17.1. The molecule has 6 nitrogen and oxygen atoms in total. The molecule has 1 aliphatic carbocycles. The van der Waals surface area contributed by atoms with Gasteiger partial charge in [0.1, 0.15) is 5.54 Å². The van der Waals surface area contributed by atoms with E-state index in [1.54, 1.807) is 16.9 Å². The number of benzene rings is 1. The number of nitrogens with zero attached hydrogens (tertiary/aromatic N) is 2. The van der Waals surface area contributed by atoms with Crippen LogP contribution in [-0.4, -0.2) is 33.7 Å². The molecule has 0 aliphatic heterocycles. The summed E-state index contributed by atoms with van der Waals surface area (Å²) < 4.78 is 2.60. The van der Waals surface area contributed by atoms with Crippen LogP contribution in [0.4, 0.5) is 0 Å². The Bertz CT molecular complexity index is 812. The van der Waals surface area contributed by atoms with Crippen LogP contribution in [0.2, 0.25) is 0 Å². The van der Waals surface area contributed by atoms with Crippen LogP contribution in [-0.2, 0) is 4.79 Å². The number of nitrogens with one attached hydrogen (secondary N) is 2. The van der Waals surface area contributed by atoms with Crippen molar-refractivity contribution in [2.45, 2.75) is 51.0 Å². The Morgan fingerprint density at radius 3 is 2.70 bits per heavy atom. The number of amides is 2. The van der Waals surface area contributed by atoms with Gasteiger partial charge >= 0.3 is 0 Å². The fourth-order valence-corrected chi connectivity index (χ4v) is 3.85. The molecule has 2 N–H and O–H groups in total. The standard InChI is InChI=1S/C20H25BrN4O2/c1-2-12-22-19(27)20(10-4-3-5-11-20)23-18(26)17-9-13-25(24-17)16-8-6-7-15(21)14-16/h6-9,13-14H,2-5,10-12H2,1H3,(H,22,27)(H,23,26). The van der Waals surface area contributed by atoms with Crippen LogP contribution in [0.25, 0.3) is 5.69 Å². The van der Waals surface area contributed by atoms with Gasteiger partial charge in [-0.05, 0) is 43.5 Å². The average molecular weight is 433 g/mol. The van der Waals surface area contributed by atoms with Gasteiger partial charge in [-0.1, -0.05) is 48.2 Å². The summed E-state index contributed by atoms with van der Waals surface area (Å²) in [5.41, 5.74) is 0.337. The van der Waals surface area contributed by atoms with Crippen molar-refractivity contribution in [2.24, 2.45) is 0 Å². The highest BCUT2D eigenvalue weighted by molar-refractivity contribution is 9.10. The zero-order chi connectivity index (χ0) is 19.3. The van der Waals surface area contributed by atoms with Gasteiger partial charge in [0.25, 0.3) is 5.91 Å². The minimum absolute atomic E-state index is 0.0798. The van der Waals surface area contributed by atoms with E-state index in [0.29, 0.717) is 25.1 Å². The predicted molar refractivity (Wildman–Crippen MR) is 108 cm³/mol. The molecule has 2 amide bonds. The highest BCUT2D eigenvalue weighted by Gasteiger charge is 2.41. The fraction of sp³-hybridized carbons (Fsp3) is 0.450. The fourth-order valence-electron chi connectivity index (χ4n) is 3.46. The normalized spacial score (nSPS) is 15.9. The Labute approximate surface area is 167 Å². The van der Waals surface area contributed by atoms with Gasteiger partial charge in [0.15, 0.2) is 5.69 Å². The SMILES string of the molecule is CCCNC(=O)C1(NC(=O)c2ccn(-c3cccc(Br)c3)n2)CCCCC1. The highest BCUT2D eigenvalue weighted by Crippen LogP contribution is 2.29. The summed E-state index contributed by atoms with van der Waals surface area (Å²) in [6.07, 6.45) is 6.92. The van der Waals surface area contributed by atoms with Gasteiger partial charge in [-0.15, -0.1) is 0 Å². The van der Waals surface area contributed by atoms with Crippen LogP contribution in [0.5, 0.6) is 0 Å². The summed E-state index contributed by atoms with van der Waals surface area (Å²) in [6, 6.07) is 9.37. The number of hydrogen-bond donors (Lipinski definition) is 2. The average Bonchev–Trinajstić information content (AvgIpc) is 3.17. The summed E-state index contributed by atoms with van der Waals surface area (Å²) >= 11 is 3.44. The van der Waals surface area contributed by atoms with Crippen molar-refractivity contribution in [1.82, 2.24) is 20.4 Å². The number of carbonyl (C=O) groups is 2. The molecule has 0 spiro atoms. The molecule has 0 radical (unpaired) electrons. The lowest BCUT2D eigenvalue weighted by atomic mass is 9.80. The number of rotatable bonds is 6. The largest absolute Gasteiger partial charge is 0.354 e. The van der Waals surface area contributed by atoms with Gasteiger partial charge in [-0.3, -0.25) is 9.59 Å². The van der Waals surface area contributed by atoms with Gasteiger partial charge in [-0.25, -0.2) is 4.68 Å². The van der Waals surface area contributed by atoms with Crippen LogP contribution in [0, 0.1) is 0 Å². The van der Waals surface area contributed by atoms with Gasteiger partial charge in [-0.2, -0.15) is 5.10 Å². The van der Waals surface area contributed by atoms with Crippen LogP contribution in [0.3, 0.4) is 0 Å². The smallest absolute Gasteiger partial charge is 0.272 e. The molecule has 1 saturated carbocycles. The topological polar surface area (TPSA) is 76.0 Å². The Morgan fingerprint density at radius 2 is 2.00 bits per heavy atom. The molecule has 1 heterocycles. The van der Waals surface area contributed by atoms with Gasteiger partial charge in [0, 0.05) is 17.2 Å². The Hall–Kier alpha value is -2.15. The van der Waals surface area contributed by atoms with Crippen molar-refractivity contribution < 1.29 is 9.59 Å². The van der Waals surface area contributed by atoms with Crippen molar-refractivity contribution in [3.05, 3.63) is 46.7 Å². The lowest BCUT2D eigenvalue weighted by Crippen LogP contribution is -2.59. The molecular formula is C20H25BrN4O2. The Kier molecular flexibility index (Phi) is 6.31. The van der Waals surface area contributed by atoms with E-state index in [4.69, 9.17) is 0 Å². The maximum Gasteiger partial charge on any atom is 0.272 e. The maximum atomic E-state index is 12.8. The van der Waals surface area contributed by atoms with E-state index in [1.165, 1.54) is 0 Å². The van der Waals surface area contributed by atoms with Gasteiger partial charge in [0.2, 0.25) is 5.91 Å². The van der Waals surface area contributed by atoms with E-state index in [9.17, 15) is 9.59 Å². The summed E-state index contributed by atoms with van der Waals surface area (Å²) in [6.45, 7) is 2.63. The molecule has 144 valence electrons. The molecule has 2 aromatic rings. The first-order chi connectivity index (χ1) is 13.0. The molecule has 1 aromatic carbocycles. The third kappa shape index (κ3) is 4.58. The minimum atomic E-state index is -0.829. The summed E-state index contributed by atoms with van der Waals surface area (Å²) in [5.74, 6) is -0.388. The molecule has 1 aromatic heterocycles. The second kappa shape index (κ2) is 8.69. The molecule has 7 heteroatoms. The van der Waals surface area contributed by atoms with E-state index in [0.717, 1.165) is 35.8 Å². The van der Waals surface area contributed by atoms with Crippen molar-refractivity contribution in [3.63, 3.8) is 0 Å². The first kappa shape index (κ1) is 19.6. The quantitative estimate of drug-likeness (QED) is 0.731. The van der Waals surface area contributed by atoms with Crippen LogP contribution in [0.1, 0.15) is 55.9 Å². The van der Waals surface area contributed by atoms with Crippen molar-refractivity contribution in [2.75, 3.05) is 6.54 Å². The van der Waals surface area contributed by atoms with Gasteiger partial charge in [0.05, 0.1) is 5.69 Å². The molecule has 27 heavy (non-hydrogen) atoms. The predicted octanol–water partition coefficient (Wildman–Crippen LogP) is 3.59. The molecular weight excluding hydrogens is 408 g/mol. The van der Waals surface area contributed by atoms with Crippen LogP contribution < -0.4 is 10.6 Å². The van der Waals surface area contributed by atoms with Crippen molar-refractivity contribution in [3.8, 4) is 5.69 Å². The lowest BCUT2D eigenvalue weighted by molar-refractivity contribution is -0.128. The van der Waals surface area contributed by atoms with E-state index in [1.807, 2.05) is 31.2 Å². The summed E-state index contributed by atoms with van der Waals surface area (Å²) in [7, 11) is 0. The first-order valence-electron chi connectivity index (χ1n) is 9.46. The van der Waals surface area contributed by atoms with E-state index < -0.39 is 5.54 Å². The monoisotopic (exact) mass is 432 g/mol. The molecule has 0 saturated heterocycles. The Balaban J connectivity index is 1.77. The molecule has 1 fully saturated rings. The number of aromatic nitrogens is 2. The van der Waals surface area contributed by atoms with Crippen molar-refractivity contribution in [1.29, 1.82) is 0 Å². The molecule has 3 rings (SSSR count). The summed E-state index contributed by atoms with van der Waals surface area (Å²) in [4.78, 5) is 25.6. The summed E-state index contributed by atoms with van der Waals surface area (Å²) in [5, 5.41) is 10.3. The lowest BCUT2D eigenvalue weighted by Gasteiger charge is -2.36. The second-order valence-electron chi connectivity index (χ2n) is 6.98. The molecule has 0 bridgehead atoms.